The number of carbonyl (C=O) groups excluding carboxylic acids is 4. The summed E-state index contributed by atoms with van der Waals surface area (Å²) in [5, 5.41) is 2.92. The normalized spacial score (nSPS) is 30.1. The van der Waals surface area contributed by atoms with Crippen LogP contribution in [0.25, 0.3) is 0 Å². The van der Waals surface area contributed by atoms with Crippen molar-refractivity contribution in [1.82, 2.24) is 5.32 Å². The molecule has 30 heteroatoms. The molecule has 25 atom stereocenters. The lowest BCUT2D eigenvalue weighted by Gasteiger charge is -2.54. The van der Waals surface area contributed by atoms with Crippen molar-refractivity contribution in [3.63, 3.8) is 0 Å². The van der Waals surface area contributed by atoms with Gasteiger partial charge in [-0.1, -0.05) is 284 Å². The second-order valence-corrected chi connectivity index (χ2v) is 35.9. The fourth-order valence-electron chi connectivity index (χ4n) is 16.7. The van der Waals surface area contributed by atoms with Crippen LogP contribution in [0.4, 0.5) is 0 Å². The van der Waals surface area contributed by atoms with E-state index in [4.69, 9.17) is 139 Å². The molecule has 1 amide bonds. The number of hydrogen-bond acceptors (Lipinski definition) is 26. The zero-order valence-corrected chi connectivity index (χ0v) is 76.5. The van der Waals surface area contributed by atoms with Crippen molar-refractivity contribution in [3.05, 3.63) is 300 Å². The number of amides is 1. The fraction of sp³-hybridized carbons (Fsp3) is 0.465. The maximum atomic E-state index is 15.2. The maximum absolute atomic E-state index is 15.2. The quantitative estimate of drug-likeness (QED) is 0.0211. The minimum Gasteiger partial charge on any atom is -0.454 e. The van der Waals surface area contributed by atoms with E-state index in [0.717, 1.165) is 44.5 Å². The van der Waals surface area contributed by atoms with Gasteiger partial charge in [-0.25, -0.2) is 0 Å². The van der Waals surface area contributed by atoms with Crippen LogP contribution in [0.2, 0.25) is 0 Å². The third-order valence-corrected chi connectivity index (χ3v) is 23.7. The average molecular weight is 1870 g/mol. The van der Waals surface area contributed by atoms with Crippen molar-refractivity contribution in [3.8, 4) is 0 Å². The third kappa shape index (κ3) is 27.7. The molecule has 1 N–H and O–H groups in total. The number of alkyl halides is 3. The maximum Gasteiger partial charge on any atom is 0.306 e. The number of Topliss-reactive ketones (excluding diaryl/α,β-unsaturated/α-hetero) is 1. The van der Waals surface area contributed by atoms with Gasteiger partial charge in [-0.05, 0) is 86.1 Å². The van der Waals surface area contributed by atoms with Gasteiger partial charge >= 0.3 is 11.9 Å². The minimum atomic E-state index is -2.71. The molecule has 27 nitrogen and oxygen atoms in total. The molecule has 131 heavy (non-hydrogen) atoms. The summed E-state index contributed by atoms with van der Waals surface area (Å²) < 4.78 is 153. The van der Waals surface area contributed by atoms with Gasteiger partial charge in [-0.2, -0.15) is 0 Å². The molecule has 702 valence electrons. The van der Waals surface area contributed by atoms with Crippen molar-refractivity contribution in [2.45, 2.75) is 277 Å². The third-order valence-electron chi connectivity index (χ3n) is 23.2. The van der Waals surface area contributed by atoms with Crippen molar-refractivity contribution in [2.75, 3.05) is 19.8 Å². The van der Waals surface area contributed by atoms with Crippen molar-refractivity contribution in [1.29, 1.82) is 0 Å². The number of fused-ring (bicyclic) bond motifs is 1. The molecule has 6 saturated heterocycles. The number of esters is 2. The summed E-state index contributed by atoms with van der Waals surface area (Å²) in [4.78, 5) is 56.7. The first-order valence-corrected chi connectivity index (χ1v) is 45.5. The molecule has 0 spiro atoms. The second kappa shape index (κ2) is 48.2. The van der Waals surface area contributed by atoms with E-state index in [-0.39, 0.29) is 91.3 Å². The van der Waals surface area contributed by atoms with E-state index in [1.165, 1.54) is 19.9 Å². The van der Waals surface area contributed by atoms with Gasteiger partial charge in [0.05, 0.1) is 97.4 Å². The summed E-state index contributed by atoms with van der Waals surface area (Å²) in [6, 6.07) is 74.8. The molecule has 6 aliphatic rings. The highest BCUT2D eigenvalue weighted by Crippen LogP contribution is 2.44. The summed E-state index contributed by atoms with van der Waals surface area (Å²) in [6.45, 7) is 15.3. The van der Waals surface area contributed by atoms with Crippen LogP contribution in [0, 0.1) is 0 Å². The van der Waals surface area contributed by atoms with E-state index in [1.807, 2.05) is 250 Å². The Hall–Kier alpha value is -8.35. The van der Waals surface area contributed by atoms with Gasteiger partial charge in [0.25, 0.3) is 9.70 Å². The van der Waals surface area contributed by atoms with E-state index in [1.54, 1.807) is 27.7 Å². The Kier molecular flexibility index (Phi) is 36.3. The average Bonchev–Trinajstić information content (AvgIpc) is 0.730. The Bertz CT molecular complexity index is 4800. The van der Waals surface area contributed by atoms with Crippen molar-refractivity contribution >= 4 is 58.4 Å². The van der Waals surface area contributed by atoms with Gasteiger partial charge in [0.2, 0.25) is 0 Å². The molecule has 6 fully saturated rings. The summed E-state index contributed by atoms with van der Waals surface area (Å²) in [7, 11) is 0. The highest BCUT2D eigenvalue weighted by Gasteiger charge is 2.62. The Morgan fingerprint density at radius 1 is 0.397 bits per heavy atom. The number of nitrogens with one attached hydrogen (secondary N) is 1. The summed E-state index contributed by atoms with van der Waals surface area (Å²) >= 11 is 20.1. The van der Waals surface area contributed by atoms with E-state index < -0.39 is 181 Å². The molecule has 0 aliphatic carbocycles. The van der Waals surface area contributed by atoms with Crippen LogP contribution in [0.5, 0.6) is 0 Å². The van der Waals surface area contributed by atoms with Crippen LogP contribution in [0.3, 0.4) is 0 Å². The van der Waals surface area contributed by atoms with E-state index in [0.29, 0.717) is 0 Å². The number of benzene rings is 8. The minimum absolute atomic E-state index is 0.000881. The van der Waals surface area contributed by atoms with Crippen LogP contribution in [0.15, 0.2) is 255 Å². The molecule has 0 unspecified atom stereocenters. The predicted molar refractivity (Wildman–Crippen MR) is 480 cm³/mol. The lowest BCUT2D eigenvalue weighted by molar-refractivity contribution is -0.417. The Morgan fingerprint density at radius 3 is 1.16 bits per heavy atom. The van der Waals surface area contributed by atoms with Crippen molar-refractivity contribution < 1.29 is 123 Å². The highest BCUT2D eigenvalue weighted by atomic mass is 35.6. The summed E-state index contributed by atoms with van der Waals surface area (Å²) in [5.74, 6) is -4.53. The Balaban J connectivity index is 0.880. The van der Waals surface area contributed by atoms with Crippen LogP contribution >= 0.6 is 34.8 Å². The number of ether oxygens (including phenoxy) is 22. The molecule has 8 aromatic rings. The van der Waals surface area contributed by atoms with Gasteiger partial charge in [0.15, 0.2) is 49.4 Å². The molecule has 0 aromatic heterocycles. The molecule has 0 radical (unpaired) electrons. The lowest BCUT2D eigenvalue weighted by atomic mass is 9.93. The molecular weight excluding hydrogens is 1750 g/mol. The van der Waals surface area contributed by atoms with Gasteiger partial charge in [0.1, 0.15) is 97.3 Å². The predicted octanol–water partition coefficient (Wildman–Crippen LogP) is 14.9. The molecule has 0 saturated carbocycles. The number of ketones is 1. The number of rotatable bonds is 42. The van der Waals surface area contributed by atoms with Crippen LogP contribution < -0.4 is 5.32 Å². The van der Waals surface area contributed by atoms with Crippen LogP contribution in [-0.2, 0) is 176 Å². The monoisotopic (exact) mass is 1860 g/mol. The van der Waals surface area contributed by atoms with Crippen molar-refractivity contribution in [2.24, 2.45) is 0 Å². The topological polar surface area (TPSA) is 283 Å². The highest BCUT2D eigenvalue weighted by molar-refractivity contribution is 6.76. The molecule has 6 aliphatic heterocycles. The first kappa shape index (κ1) is 98.6. The molecular formula is C101H116Cl3NO26. The largest absolute Gasteiger partial charge is 0.454 e. The molecule has 0 bridgehead atoms. The standard InChI is InChI=1S/C101H116Cl3NO26/c1-9-52-111-95-92(88(81(65(4)120-95)113-55-70-38-22-12-23-39-70)128-96-90(118-60-75-48-32-17-33-49-75)87(117-59-74-46-30-16-31-47-74)83(115-57-72-42-26-14-27-43-72)76(125-96)61-110-53-68-34-18-10-19-35-68)130-94-79(105-99(109)101(102,103)104)85(84-77(124-94)62-119-100(7,8)131-84)127-98-93(123-67(6)107)89(82(66(5)122-98)114-56-71-40-24-13-25-41-71)129-97-91(126-78(108)51-50-63(2)106)86(116-58-73-44-28-15-29-45-73)80(64(3)121-97)112-54-69-36-20-11-21-37-69/h9-49,64-66,76-77,79-98H,1,50-62H2,2-8H3,(H,105,109)/t64-,65-,66-,76+,77+,79+,80-,81-,82-,83+,84+,85+,86+,87-,88+,89+,90+,91+,92+,93+,94-,95+,96+,97-,98-/m0/s1. The SMILES string of the molecule is C=CCO[C@@H]1O[C@@H](C)[C@H](OCc2ccccc2)[C@@H](O[C@H]2O[C@H](COCc3ccccc3)[C@@H](OCc3ccccc3)[C@H](OCc3ccccc3)[C@H]2OCc2ccccc2)[C@H]1O[C@@H]1O[C@@H]2COC(C)(C)O[C@H]2[C@H](O[C@@H]2O[C@@H](C)[C@H](OCc3ccccc3)[C@@H](O[C@@H]3O[C@@H](C)[C@H](OCc4ccccc4)[C@@H](OCc4ccccc4)[C@H]3OC(=O)CCC(C)=O)[C@H]2OC(C)=O)[C@H]1NC(=O)C(Cl)(Cl)Cl. The van der Waals surface area contributed by atoms with Gasteiger partial charge in [0, 0.05) is 13.3 Å². The van der Waals surface area contributed by atoms with Crippen LogP contribution in [0.1, 0.15) is 106 Å². The van der Waals surface area contributed by atoms with E-state index in [9.17, 15) is 14.4 Å². The summed E-state index contributed by atoms with van der Waals surface area (Å²) in [5.41, 5.74) is 6.55. The number of carbonyl (C=O) groups is 4. The number of hydrogen-bond donors (Lipinski definition) is 1. The number of halogens is 3. The molecule has 6 heterocycles. The van der Waals surface area contributed by atoms with Crippen LogP contribution in [-0.4, -0.2) is 206 Å². The van der Waals surface area contributed by atoms with Gasteiger partial charge in [-0.15, -0.1) is 6.58 Å². The molecule has 14 rings (SSSR count). The molecule has 8 aromatic carbocycles. The van der Waals surface area contributed by atoms with E-state index >= 15 is 4.79 Å². The zero-order valence-electron chi connectivity index (χ0n) is 74.3. The van der Waals surface area contributed by atoms with Gasteiger partial charge < -0.3 is 114 Å². The zero-order chi connectivity index (χ0) is 91.8. The lowest BCUT2D eigenvalue weighted by Crippen LogP contribution is -2.73. The van der Waals surface area contributed by atoms with E-state index in [2.05, 4.69) is 11.9 Å². The van der Waals surface area contributed by atoms with Gasteiger partial charge in [-0.3, -0.25) is 14.4 Å². The second-order valence-electron chi connectivity index (χ2n) is 33.6. The first-order valence-electron chi connectivity index (χ1n) is 44.4. The Morgan fingerprint density at radius 2 is 0.748 bits per heavy atom. The summed E-state index contributed by atoms with van der Waals surface area (Å²) in [6.07, 6.45) is -30.4. The first-order chi connectivity index (χ1) is 63.5. The fourth-order valence-corrected chi connectivity index (χ4v) is 16.9. The Labute approximate surface area is 779 Å². The smallest absolute Gasteiger partial charge is 0.306 e.